The first-order valence-electron chi connectivity index (χ1n) is 9.08. The van der Waals surface area contributed by atoms with E-state index >= 15 is 0 Å². The average Bonchev–Trinajstić information content (AvgIpc) is 2.59. The number of ketones is 1. The van der Waals surface area contributed by atoms with Crippen LogP contribution in [0.25, 0.3) is 5.57 Å². The molecule has 142 valence electrons. The van der Waals surface area contributed by atoms with Gasteiger partial charge in [-0.2, -0.15) is 0 Å². The number of carboxylic acid groups (broad SMARTS) is 2. The summed E-state index contributed by atoms with van der Waals surface area (Å²) < 4.78 is 0. The first-order valence-corrected chi connectivity index (χ1v) is 9.08. The number of nitrogens with zero attached hydrogens (tertiary/aromatic N) is 1. The summed E-state index contributed by atoms with van der Waals surface area (Å²) in [7, 11) is 0. The highest BCUT2D eigenvalue weighted by atomic mass is 16.4. The molecule has 6 heteroatoms. The molecule has 0 saturated heterocycles. The second-order valence-electron chi connectivity index (χ2n) is 7.94. The Morgan fingerprint density at radius 1 is 1.15 bits per heavy atom. The van der Waals surface area contributed by atoms with Crippen molar-refractivity contribution in [1.29, 1.82) is 0 Å². The summed E-state index contributed by atoms with van der Waals surface area (Å²) in [6.07, 6.45) is 1.85. The smallest absolute Gasteiger partial charge is 0.328 e. The third-order valence-corrected chi connectivity index (χ3v) is 5.27. The zero-order valence-corrected chi connectivity index (χ0v) is 15.5. The fourth-order valence-electron chi connectivity index (χ4n) is 3.80. The predicted octanol–water partition coefficient (Wildman–Crippen LogP) is 3.34. The number of hydrogen-bond acceptors (Lipinski definition) is 4. The van der Waals surface area contributed by atoms with Gasteiger partial charge in [-0.25, -0.2) is 4.79 Å². The first kappa shape index (κ1) is 19.0. The van der Waals surface area contributed by atoms with Gasteiger partial charge in [0.15, 0.2) is 0 Å². The molecule has 2 N–H and O–H groups in total. The Labute approximate surface area is 157 Å². The van der Waals surface area contributed by atoms with Crippen molar-refractivity contribution in [1.82, 2.24) is 0 Å². The summed E-state index contributed by atoms with van der Waals surface area (Å²) in [5.74, 6) is -2.53. The minimum atomic E-state index is -1.25. The lowest BCUT2D eigenvalue weighted by Crippen LogP contribution is -2.32. The maximum atomic E-state index is 13.1. The molecular formula is C21H23NO5. The van der Waals surface area contributed by atoms with Crippen LogP contribution in [-0.4, -0.2) is 39.7 Å². The molecule has 6 nitrogen and oxygen atoms in total. The summed E-state index contributed by atoms with van der Waals surface area (Å²) in [4.78, 5) is 39.7. The Morgan fingerprint density at radius 2 is 1.81 bits per heavy atom. The summed E-state index contributed by atoms with van der Waals surface area (Å²) in [5, 5.41) is 18.3. The molecule has 0 fully saturated rings. The molecule has 0 heterocycles. The SMILES string of the molecule is CC1(C)CCC2=C(C1)c1ccccc1C(=N[C@@H](CCC(=O)O)C(=O)O)C2=O. The van der Waals surface area contributed by atoms with Crippen LogP contribution in [0, 0.1) is 5.41 Å². The second-order valence-corrected chi connectivity index (χ2v) is 7.94. The summed E-state index contributed by atoms with van der Waals surface area (Å²) >= 11 is 0. The molecule has 0 spiro atoms. The van der Waals surface area contributed by atoms with Gasteiger partial charge in [0.25, 0.3) is 0 Å². The van der Waals surface area contributed by atoms with Crippen molar-refractivity contribution in [3.63, 3.8) is 0 Å². The number of carbonyl (C=O) groups is 3. The topological polar surface area (TPSA) is 104 Å². The maximum Gasteiger partial charge on any atom is 0.328 e. The molecular weight excluding hydrogens is 346 g/mol. The normalized spacial score (nSPS) is 20.8. The van der Waals surface area contributed by atoms with Crippen LogP contribution in [0.1, 0.15) is 57.1 Å². The number of aliphatic carboxylic acids is 2. The van der Waals surface area contributed by atoms with E-state index in [0.717, 1.165) is 24.0 Å². The molecule has 0 aromatic heterocycles. The van der Waals surface area contributed by atoms with Crippen LogP contribution in [0.2, 0.25) is 0 Å². The van der Waals surface area contributed by atoms with Crippen LogP contribution in [0.3, 0.4) is 0 Å². The van der Waals surface area contributed by atoms with Gasteiger partial charge in [-0.05, 0) is 42.2 Å². The molecule has 0 radical (unpaired) electrons. The minimum Gasteiger partial charge on any atom is -0.481 e. The highest BCUT2D eigenvalue weighted by molar-refractivity contribution is 6.54. The number of Topliss-reactive ketones (excluding diaryl/α,β-unsaturated/α-hetero) is 1. The molecule has 1 atom stereocenters. The Kier molecular flexibility index (Phi) is 5.00. The van der Waals surface area contributed by atoms with E-state index in [1.54, 1.807) is 12.1 Å². The number of fused-ring (bicyclic) bond motifs is 2. The minimum absolute atomic E-state index is 0.103. The van der Waals surface area contributed by atoms with Gasteiger partial charge in [0.05, 0.1) is 0 Å². The molecule has 27 heavy (non-hydrogen) atoms. The summed E-state index contributed by atoms with van der Waals surface area (Å²) in [6, 6.07) is 6.18. The monoisotopic (exact) mass is 369 g/mol. The van der Waals surface area contributed by atoms with Crippen LogP contribution in [0.15, 0.2) is 34.8 Å². The highest BCUT2D eigenvalue weighted by Crippen LogP contribution is 2.46. The quantitative estimate of drug-likeness (QED) is 0.828. The van der Waals surface area contributed by atoms with E-state index in [-0.39, 0.29) is 29.8 Å². The zero-order chi connectivity index (χ0) is 19.8. The van der Waals surface area contributed by atoms with E-state index in [1.807, 2.05) is 12.1 Å². The van der Waals surface area contributed by atoms with Crippen molar-refractivity contribution < 1.29 is 24.6 Å². The van der Waals surface area contributed by atoms with Crippen molar-refractivity contribution in [2.75, 3.05) is 0 Å². The number of hydrogen-bond donors (Lipinski definition) is 2. The highest BCUT2D eigenvalue weighted by Gasteiger charge is 2.37. The van der Waals surface area contributed by atoms with E-state index < -0.39 is 18.0 Å². The Bertz CT molecular complexity index is 878. The van der Waals surface area contributed by atoms with Crippen LogP contribution in [-0.2, 0) is 14.4 Å². The lowest BCUT2D eigenvalue weighted by molar-refractivity contribution is -0.139. The zero-order valence-electron chi connectivity index (χ0n) is 15.5. The van der Waals surface area contributed by atoms with Crippen molar-refractivity contribution in [2.24, 2.45) is 10.4 Å². The third-order valence-electron chi connectivity index (χ3n) is 5.27. The third kappa shape index (κ3) is 3.84. The summed E-state index contributed by atoms with van der Waals surface area (Å²) in [6.45, 7) is 4.36. The van der Waals surface area contributed by atoms with E-state index in [2.05, 4.69) is 18.8 Å². The molecule has 0 unspecified atom stereocenters. The molecule has 3 rings (SSSR count). The molecule has 0 amide bonds. The number of carboxylic acids is 2. The molecule has 0 bridgehead atoms. The first-order chi connectivity index (χ1) is 12.7. The molecule has 0 aliphatic heterocycles. The van der Waals surface area contributed by atoms with E-state index in [4.69, 9.17) is 5.11 Å². The fraction of sp³-hybridized carbons (Fsp3) is 0.429. The Morgan fingerprint density at radius 3 is 2.44 bits per heavy atom. The Hall–Kier alpha value is -2.76. The van der Waals surface area contributed by atoms with Gasteiger partial charge < -0.3 is 10.2 Å². The number of rotatable bonds is 5. The molecule has 1 aromatic carbocycles. The van der Waals surface area contributed by atoms with Crippen molar-refractivity contribution in [3.8, 4) is 0 Å². The number of benzene rings is 1. The van der Waals surface area contributed by atoms with E-state index in [1.165, 1.54) is 0 Å². The van der Waals surface area contributed by atoms with Crippen molar-refractivity contribution in [2.45, 2.75) is 52.0 Å². The van der Waals surface area contributed by atoms with Gasteiger partial charge in [0.1, 0.15) is 11.8 Å². The molecule has 2 aliphatic rings. The van der Waals surface area contributed by atoms with Crippen LogP contribution >= 0.6 is 0 Å². The van der Waals surface area contributed by atoms with Crippen LogP contribution in [0.5, 0.6) is 0 Å². The predicted molar refractivity (Wildman–Crippen MR) is 101 cm³/mol. The van der Waals surface area contributed by atoms with Gasteiger partial charge >= 0.3 is 11.9 Å². The van der Waals surface area contributed by atoms with Crippen LogP contribution < -0.4 is 0 Å². The van der Waals surface area contributed by atoms with Gasteiger partial charge in [-0.3, -0.25) is 14.6 Å². The second kappa shape index (κ2) is 7.10. The number of carbonyl (C=O) groups excluding carboxylic acids is 1. The van der Waals surface area contributed by atoms with Gasteiger partial charge in [0, 0.05) is 17.6 Å². The lowest BCUT2D eigenvalue weighted by atomic mass is 9.68. The number of aliphatic imine (C=N–C) groups is 1. The maximum absolute atomic E-state index is 13.1. The number of allylic oxidation sites excluding steroid dienone is 2. The van der Waals surface area contributed by atoms with Crippen molar-refractivity contribution in [3.05, 3.63) is 41.0 Å². The molecule has 1 aromatic rings. The van der Waals surface area contributed by atoms with E-state index in [9.17, 15) is 19.5 Å². The largest absolute Gasteiger partial charge is 0.481 e. The van der Waals surface area contributed by atoms with Gasteiger partial charge in [0.2, 0.25) is 5.78 Å². The fourth-order valence-corrected chi connectivity index (χ4v) is 3.80. The van der Waals surface area contributed by atoms with Crippen LogP contribution in [0.4, 0.5) is 0 Å². The van der Waals surface area contributed by atoms with E-state index in [0.29, 0.717) is 17.6 Å². The molecule has 2 aliphatic carbocycles. The standard InChI is InChI=1S/C21H23NO5/c1-21(2)10-9-14-15(11-21)12-5-3-4-6-13(12)18(19(14)25)22-16(20(26)27)7-8-17(23)24/h3-6,16H,7-11H2,1-2H3,(H,23,24)(H,26,27)/t16-/m0/s1. The van der Waals surface area contributed by atoms with Crippen molar-refractivity contribution >= 4 is 29.0 Å². The molecule has 0 saturated carbocycles. The lowest BCUT2D eigenvalue weighted by Gasteiger charge is -2.36. The Balaban J connectivity index is 2.08. The average molecular weight is 369 g/mol. The van der Waals surface area contributed by atoms with Gasteiger partial charge in [-0.15, -0.1) is 0 Å². The summed E-state index contributed by atoms with van der Waals surface area (Å²) in [5.41, 5.74) is 3.56. The van der Waals surface area contributed by atoms with Gasteiger partial charge in [-0.1, -0.05) is 38.1 Å².